The van der Waals surface area contributed by atoms with Crippen molar-refractivity contribution in [2.45, 2.75) is 72.1 Å². The second-order valence-electron chi connectivity index (χ2n) is 8.24. The minimum Gasteiger partial charge on any atom is -0.0777 e. The molecule has 0 N–H and O–H groups in total. The van der Waals surface area contributed by atoms with E-state index >= 15 is 0 Å². The third-order valence-corrected chi connectivity index (χ3v) is 6.05. The van der Waals surface area contributed by atoms with Crippen molar-refractivity contribution in [3.05, 3.63) is 22.8 Å². The molecule has 3 fully saturated rings. The summed E-state index contributed by atoms with van der Waals surface area (Å²) < 4.78 is 0. The zero-order valence-electron chi connectivity index (χ0n) is 12.2. The van der Waals surface area contributed by atoms with E-state index in [9.17, 15) is 0 Å². The van der Waals surface area contributed by atoms with Crippen molar-refractivity contribution in [1.29, 1.82) is 0 Å². The van der Waals surface area contributed by atoms with E-state index in [4.69, 9.17) is 0 Å². The van der Waals surface area contributed by atoms with E-state index in [1.807, 2.05) is 11.1 Å². The normalized spacial score (nSPS) is 31.4. The first-order valence-electron chi connectivity index (χ1n) is 7.91. The van der Waals surface area contributed by atoms with Crippen LogP contribution in [-0.2, 0) is 0 Å². The fourth-order valence-electron chi connectivity index (χ4n) is 4.50. The van der Waals surface area contributed by atoms with Crippen LogP contribution in [0.2, 0.25) is 0 Å². The number of hydrogen-bond donors (Lipinski definition) is 0. The summed E-state index contributed by atoms with van der Waals surface area (Å²) in [5.74, 6) is 0. The van der Waals surface area contributed by atoms with Crippen molar-refractivity contribution in [1.82, 2.24) is 0 Å². The molecule has 0 heterocycles. The Hall–Kier alpha value is -0.520. The van der Waals surface area contributed by atoms with Crippen molar-refractivity contribution in [3.8, 4) is 0 Å². The summed E-state index contributed by atoms with van der Waals surface area (Å²) in [5.41, 5.74) is 7.23. The van der Waals surface area contributed by atoms with Crippen molar-refractivity contribution in [2.75, 3.05) is 0 Å². The van der Waals surface area contributed by atoms with Crippen molar-refractivity contribution in [2.24, 2.45) is 16.2 Å². The van der Waals surface area contributed by atoms with Gasteiger partial charge in [-0.25, -0.2) is 0 Å². The Labute approximate surface area is 112 Å². The maximum absolute atomic E-state index is 2.76. The summed E-state index contributed by atoms with van der Waals surface area (Å²) in [4.78, 5) is 0. The van der Waals surface area contributed by atoms with Gasteiger partial charge in [0.25, 0.3) is 0 Å². The minimum absolute atomic E-state index is 0.384. The molecule has 4 aliphatic rings. The monoisotopic (exact) mass is 242 g/mol. The number of rotatable bonds is 0. The standard InChI is InChI=1S/C18H26/c1-16(2,3)14-6-7-15(13-4-5-13)18(10-11-18)17(12-14)8-9-17/h12H,4-11H2,1-3H3. The molecule has 0 aromatic rings. The zero-order valence-corrected chi connectivity index (χ0v) is 12.2. The largest absolute Gasteiger partial charge is 0.0777 e. The lowest BCUT2D eigenvalue weighted by molar-refractivity contribution is 0.403. The zero-order chi connectivity index (χ0) is 12.6. The van der Waals surface area contributed by atoms with E-state index in [0.29, 0.717) is 16.2 Å². The lowest BCUT2D eigenvalue weighted by Crippen LogP contribution is -2.17. The van der Waals surface area contributed by atoms with E-state index in [0.717, 1.165) is 0 Å². The Morgan fingerprint density at radius 1 is 0.889 bits per heavy atom. The highest BCUT2D eigenvalue weighted by Gasteiger charge is 2.66. The fourth-order valence-corrected chi connectivity index (χ4v) is 4.50. The van der Waals surface area contributed by atoms with E-state index in [1.54, 1.807) is 5.57 Å². The van der Waals surface area contributed by atoms with Crippen LogP contribution in [0.1, 0.15) is 72.1 Å². The van der Waals surface area contributed by atoms with Crippen LogP contribution in [0, 0.1) is 16.2 Å². The molecule has 0 bridgehead atoms. The van der Waals surface area contributed by atoms with E-state index in [-0.39, 0.29) is 0 Å². The van der Waals surface area contributed by atoms with Crippen LogP contribution in [0.25, 0.3) is 0 Å². The van der Waals surface area contributed by atoms with Crippen LogP contribution in [0.3, 0.4) is 0 Å². The molecule has 3 saturated carbocycles. The van der Waals surface area contributed by atoms with Gasteiger partial charge in [0.05, 0.1) is 0 Å². The van der Waals surface area contributed by atoms with Gasteiger partial charge in [0, 0.05) is 5.41 Å². The van der Waals surface area contributed by atoms with E-state index < -0.39 is 0 Å². The molecule has 0 aliphatic heterocycles. The molecular weight excluding hydrogens is 216 g/mol. The first-order chi connectivity index (χ1) is 8.47. The summed E-state index contributed by atoms with van der Waals surface area (Å²) in [6, 6.07) is 0. The maximum atomic E-state index is 2.76. The lowest BCUT2D eigenvalue weighted by Gasteiger charge is -2.26. The topological polar surface area (TPSA) is 0 Å². The lowest BCUT2D eigenvalue weighted by atomic mass is 9.78. The predicted octanol–water partition coefficient (Wildman–Crippen LogP) is 5.40. The molecule has 0 nitrogen and oxygen atoms in total. The molecule has 0 amide bonds. The van der Waals surface area contributed by atoms with Crippen LogP contribution in [0.5, 0.6) is 0 Å². The van der Waals surface area contributed by atoms with Crippen LogP contribution in [-0.4, -0.2) is 0 Å². The molecule has 98 valence electrons. The first-order valence-corrected chi connectivity index (χ1v) is 7.91. The first kappa shape index (κ1) is 11.3. The Morgan fingerprint density at radius 2 is 1.56 bits per heavy atom. The van der Waals surface area contributed by atoms with Gasteiger partial charge < -0.3 is 0 Å². The van der Waals surface area contributed by atoms with Crippen molar-refractivity contribution < 1.29 is 0 Å². The van der Waals surface area contributed by atoms with Gasteiger partial charge in [-0.15, -0.1) is 0 Å². The molecule has 0 aromatic heterocycles. The summed E-state index contributed by atoms with van der Waals surface area (Å²) in [6.45, 7) is 7.22. The smallest absolute Gasteiger partial charge is 0.000633 e. The third kappa shape index (κ3) is 1.44. The van der Waals surface area contributed by atoms with Gasteiger partial charge in [0.15, 0.2) is 0 Å². The van der Waals surface area contributed by atoms with Crippen LogP contribution in [0.15, 0.2) is 22.8 Å². The maximum Gasteiger partial charge on any atom is 0.000633 e. The summed E-state index contributed by atoms with van der Waals surface area (Å²) in [6.07, 6.45) is 14.3. The van der Waals surface area contributed by atoms with E-state index in [1.165, 1.54) is 51.4 Å². The van der Waals surface area contributed by atoms with Crippen LogP contribution in [0.4, 0.5) is 0 Å². The van der Waals surface area contributed by atoms with Gasteiger partial charge >= 0.3 is 0 Å². The Morgan fingerprint density at radius 3 is 2.00 bits per heavy atom. The molecular formula is C18H26. The number of allylic oxidation sites excluding steroid dienone is 4. The fraction of sp³-hybridized carbons (Fsp3) is 0.778. The van der Waals surface area contributed by atoms with Crippen LogP contribution < -0.4 is 0 Å². The second kappa shape index (κ2) is 3.14. The van der Waals surface area contributed by atoms with Crippen molar-refractivity contribution >= 4 is 0 Å². The summed E-state index contributed by atoms with van der Waals surface area (Å²) in [7, 11) is 0. The molecule has 0 heteroatoms. The summed E-state index contributed by atoms with van der Waals surface area (Å²) >= 11 is 0. The van der Waals surface area contributed by atoms with Gasteiger partial charge in [-0.05, 0) is 62.2 Å². The highest BCUT2D eigenvalue weighted by atomic mass is 14.7. The van der Waals surface area contributed by atoms with Gasteiger partial charge in [-0.2, -0.15) is 0 Å². The van der Waals surface area contributed by atoms with Crippen LogP contribution >= 0.6 is 0 Å². The molecule has 0 atom stereocenters. The highest BCUT2D eigenvalue weighted by Crippen LogP contribution is 2.77. The average molecular weight is 242 g/mol. The highest BCUT2D eigenvalue weighted by molar-refractivity contribution is 5.44. The molecule has 0 aromatic carbocycles. The molecule has 18 heavy (non-hydrogen) atoms. The van der Waals surface area contributed by atoms with Gasteiger partial charge in [-0.1, -0.05) is 43.6 Å². The minimum atomic E-state index is 0.384. The SMILES string of the molecule is CC(C)(C)C1=CC2(CC2)C2(CC2)C(=C2CC2)CC1. The average Bonchev–Trinajstić information content (AvgIpc) is 3.07. The quantitative estimate of drug-likeness (QED) is 0.499. The Balaban J connectivity index is 1.79. The van der Waals surface area contributed by atoms with Gasteiger partial charge in [0.2, 0.25) is 0 Å². The molecule has 4 aliphatic carbocycles. The molecule has 0 saturated heterocycles. The van der Waals surface area contributed by atoms with Crippen molar-refractivity contribution in [3.63, 3.8) is 0 Å². The molecule has 0 radical (unpaired) electrons. The Kier molecular flexibility index (Phi) is 1.97. The van der Waals surface area contributed by atoms with Gasteiger partial charge in [-0.3, -0.25) is 0 Å². The Bertz CT molecular complexity index is 453. The number of hydrogen-bond acceptors (Lipinski definition) is 0. The van der Waals surface area contributed by atoms with E-state index in [2.05, 4.69) is 26.8 Å². The molecule has 4 rings (SSSR count). The predicted molar refractivity (Wildman–Crippen MR) is 76.4 cm³/mol. The molecule has 0 unspecified atom stereocenters. The summed E-state index contributed by atoms with van der Waals surface area (Å²) in [5, 5.41) is 0. The third-order valence-electron chi connectivity index (χ3n) is 6.05. The second-order valence-corrected chi connectivity index (χ2v) is 8.24. The van der Waals surface area contributed by atoms with Gasteiger partial charge in [0.1, 0.15) is 0 Å². The number of fused-ring (bicyclic) bond motifs is 1. The molecule has 2 spiro atoms.